The third-order valence-electron chi connectivity index (χ3n) is 3.66. The van der Waals surface area contributed by atoms with Gasteiger partial charge in [-0.05, 0) is 31.6 Å². The molecule has 4 heteroatoms. The minimum Gasteiger partial charge on any atom is -0.319 e. The van der Waals surface area contributed by atoms with Crippen molar-refractivity contribution >= 4 is 0 Å². The van der Waals surface area contributed by atoms with Crippen LogP contribution in [0.3, 0.4) is 0 Å². The maximum atomic E-state index is 6.41. The van der Waals surface area contributed by atoms with Gasteiger partial charge >= 0.3 is 0 Å². The van der Waals surface area contributed by atoms with Crippen LogP contribution in [0.5, 0.6) is 0 Å². The second kappa shape index (κ2) is 4.17. The number of rotatable bonds is 2. The number of nitrogens with two attached hydrogens (primary N) is 1. The van der Waals surface area contributed by atoms with E-state index in [1.54, 1.807) is 0 Å². The second-order valence-corrected chi connectivity index (χ2v) is 5.54. The van der Waals surface area contributed by atoms with E-state index >= 15 is 0 Å². The third-order valence-corrected chi connectivity index (χ3v) is 3.66. The summed E-state index contributed by atoms with van der Waals surface area (Å²) in [6.45, 7) is 6.50. The number of H-pyrrole nitrogens is 1. The van der Waals surface area contributed by atoms with Crippen molar-refractivity contribution in [3.63, 3.8) is 0 Å². The molecule has 0 aliphatic heterocycles. The molecule has 0 unspecified atom stereocenters. The van der Waals surface area contributed by atoms with Crippen LogP contribution in [-0.2, 0) is 5.54 Å². The molecule has 4 nitrogen and oxygen atoms in total. The molecule has 0 radical (unpaired) electrons. The van der Waals surface area contributed by atoms with Crippen molar-refractivity contribution in [2.75, 3.05) is 0 Å². The van der Waals surface area contributed by atoms with E-state index in [0.29, 0.717) is 5.92 Å². The van der Waals surface area contributed by atoms with Gasteiger partial charge in [-0.2, -0.15) is 5.10 Å². The Morgan fingerprint density at radius 1 is 1.38 bits per heavy atom. The number of nitrogens with zero attached hydrogens (tertiary/aromatic N) is 2. The minimum atomic E-state index is -0.295. The van der Waals surface area contributed by atoms with E-state index in [4.69, 9.17) is 5.73 Å². The van der Waals surface area contributed by atoms with Gasteiger partial charge in [-0.25, -0.2) is 4.98 Å². The van der Waals surface area contributed by atoms with Gasteiger partial charge in [0.25, 0.3) is 0 Å². The molecule has 90 valence electrons. The number of aromatic amines is 1. The van der Waals surface area contributed by atoms with Crippen molar-refractivity contribution in [3.05, 3.63) is 11.6 Å². The highest BCUT2D eigenvalue weighted by Gasteiger charge is 2.35. The Kier molecular flexibility index (Phi) is 3.02. The number of aromatic nitrogens is 3. The van der Waals surface area contributed by atoms with Crippen molar-refractivity contribution in [2.24, 2.45) is 11.7 Å². The monoisotopic (exact) mass is 222 g/mol. The Bertz CT molecular complexity index is 348. The van der Waals surface area contributed by atoms with Gasteiger partial charge in [-0.3, -0.25) is 5.10 Å². The molecule has 0 spiro atoms. The fourth-order valence-corrected chi connectivity index (χ4v) is 2.26. The summed E-state index contributed by atoms with van der Waals surface area (Å²) in [7, 11) is 0. The Balaban J connectivity index is 2.16. The fraction of sp³-hybridized carbons (Fsp3) is 0.833. The van der Waals surface area contributed by atoms with Crippen LogP contribution >= 0.6 is 0 Å². The first-order valence-corrected chi connectivity index (χ1v) is 6.23. The summed E-state index contributed by atoms with van der Waals surface area (Å²) in [4.78, 5) is 4.54. The first kappa shape index (κ1) is 11.6. The van der Waals surface area contributed by atoms with E-state index < -0.39 is 0 Å². The third kappa shape index (κ3) is 2.12. The molecule has 1 aromatic heterocycles. The summed E-state index contributed by atoms with van der Waals surface area (Å²) in [5.74, 6) is 2.93. The van der Waals surface area contributed by atoms with E-state index in [0.717, 1.165) is 30.4 Å². The van der Waals surface area contributed by atoms with E-state index in [2.05, 4.69) is 36.0 Å². The molecule has 16 heavy (non-hydrogen) atoms. The van der Waals surface area contributed by atoms with Crippen LogP contribution < -0.4 is 5.73 Å². The Hall–Kier alpha value is -0.900. The van der Waals surface area contributed by atoms with Gasteiger partial charge in [-0.15, -0.1) is 0 Å². The van der Waals surface area contributed by atoms with Crippen LogP contribution in [-0.4, -0.2) is 15.2 Å². The van der Waals surface area contributed by atoms with Gasteiger partial charge in [0.15, 0.2) is 5.82 Å². The summed E-state index contributed by atoms with van der Waals surface area (Å²) in [6, 6.07) is 0. The van der Waals surface area contributed by atoms with Gasteiger partial charge < -0.3 is 5.73 Å². The maximum absolute atomic E-state index is 6.41. The zero-order valence-corrected chi connectivity index (χ0v) is 10.5. The summed E-state index contributed by atoms with van der Waals surface area (Å²) in [5, 5.41) is 7.29. The summed E-state index contributed by atoms with van der Waals surface area (Å²) >= 11 is 0. The fourth-order valence-electron chi connectivity index (χ4n) is 2.26. The minimum absolute atomic E-state index is 0.295. The smallest absolute Gasteiger partial charge is 0.170 e. The predicted molar refractivity (Wildman–Crippen MR) is 64.0 cm³/mol. The van der Waals surface area contributed by atoms with Crippen molar-refractivity contribution in [1.82, 2.24) is 15.2 Å². The lowest BCUT2D eigenvalue weighted by atomic mass is 9.77. The van der Waals surface area contributed by atoms with E-state index in [1.165, 1.54) is 12.8 Å². The predicted octanol–water partition coefficient (Wildman–Crippen LogP) is 2.29. The highest BCUT2D eigenvalue weighted by Crippen LogP contribution is 2.35. The van der Waals surface area contributed by atoms with Gasteiger partial charge in [-0.1, -0.05) is 20.8 Å². The lowest BCUT2D eigenvalue weighted by molar-refractivity contribution is 0.237. The molecular formula is C12H22N4. The maximum Gasteiger partial charge on any atom is 0.170 e. The molecule has 1 fully saturated rings. The zero-order chi connectivity index (χ0) is 11.8. The lowest BCUT2D eigenvalue weighted by Crippen LogP contribution is -2.41. The molecule has 1 aliphatic carbocycles. The van der Waals surface area contributed by atoms with Gasteiger partial charge in [0, 0.05) is 5.92 Å². The highest BCUT2D eigenvalue weighted by atomic mass is 15.2. The van der Waals surface area contributed by atoms with Crippen molar-refractivity contribution in [3.8, 4) is 0 Å². The molecular weight excluding hydrogens is 200 g/mol. The molecule has 1 aromatic rings. The molecule has 0 amide bonds. The molecule has 0 saturated heterocycles. The largest absolute Gasteiger partial charge is 0.319 e. The highest BCUT2D eigenvalue weighted by molar-refractivity contribution is 5.08. The standard InChI is InChI=1S/C12H22N4/c1-8(2)10-14-11(16-15-10)12(13)6-4-9(3)5-7-12/h8-9H,4-7,13H2,1-3H3,(H,14,15,16). The Morgan fingerprint density at radius 2 is 2.00 bits per heavy atom. The van der Waals surface area contributed by atoms with E-state index in [9.17, 15) is 0 Å². The van der Waals surface area contributed by atoms with Crippen LogP contribution in [0.15, 0.2) is 0 Å². The van der Waals surface area contributed by atoms with Gasteiger partial charge in [0.05, 0.1) is 5.54 Å². The topological polar surface area (TPSA) is 67.6 Å². The van der Waals surface area contributed by atoms with Crippen molar-refractivity contribution < 1.29 is 0 Å². The summed E-state index contributed by atoms with van der Waals surface area (Å²) < 4.78 is 0. The molecule has 0 aromatic carbocycles. The Morgan fingerprint density at radius 3 is 2.50 bits per heavy atom. The lowest BCUT2D eigenvalue weighted by Gasteiger charge is -2.33. The van der Waals surface area contributed by atoms with Crippen LogP contribution in [0, 0.1) is 5.92 Å². The van der Waals surface area contributed by atoms with Gasteiger partial charge in [0.2, 0.25) is 0 Å². The summed E-state index contributed by atoms with van der Waals surface area (Å²) in [5.41, 5.74) is 6.12. The van der Waals surface area contributed by atoms with E-state index in [1.807, 2.05) is 0 Å². The van der Waals surface area contributed by atoms with Crippen LogP contribution in [0.2, 0.25) is 0 Å². The molecule has 1 heterocycles. The molecule has 0 atom stereocenters. The van der Waals surface area contributed by atoms with E-state index in [-0.39, 0.29) is 5.54 Å². The number of hydrogen-bond acceptors (Lipinski definition) is 3. The second-order valence-electron chi connectivity index (χ2n) is 5.54. The molecule has 1 aliphatic rings. The van der Waals surface area contributed by atoms with Crippen LogP contribution in [0.25, 0.3) is 0 Å². The Labute approximate surface area is 97.0 Å². The van der Waals surface area contributed by atoms with Crippen molar-refractivity contribution in [1.29, 1.82) is 0 Å². The average Bonchev–Trinajstić information content (AvgIpc) is 2.72. The SMILES string of the molecule is CC1CCC(N)(c2n[nH]c(C(C)C)n2)CC1. The quantitative estimate of drug-likeness (QED) is 0.806. The molecule has 3 N–H and O–H groups in total. The van der Waals surface area contributed by atoms with Gasteiger partial charge in [0.1, 0.15) is 5.82 Å². The molecule has 1 saturated carbocycles. The normalized spacial score (nSPS) is 30.9. The first-order valence-electron chi connectivity index (χ1n) is 6.23. The van der Waals surface area contributed by atoms with Crippen LogP contribution in [0.1, 0.15) is 64.0 Å². The van der Waals surface area contributed by atoms with Crippen LogP contribution in [0.4, 0.5) is 0 Å². The number of nitrogens with one attached hydrogen (secondary N) is 1. The molecule has 0 bridgehead atoms. The summed E-state index contributed by atoms with van der Waals surface area (Å²) in [6.07, 6.45) is 4.37. The first-order chi connectivity index (χ1) is 7.51. The zero-order valence-electron chi connectivity index (χ0n) is 10.5. The van der Waals surface area contributed by atoms with Crippen molar-refractivity contribution in [2.45, 2.75) is 57.9 Å². The molecule has 2 rings (SSSR count). The number of hydrogen-bond donors (Lipinski definition) is 2. The average molecular weight is 222 g/mol.